The lowest BCUT2D eigenvalue weighted by molar-refractivity contribution is 0.0602. The molecule has 1 heterocycles. The Labute approximate surface area is 120 Å². The lowest BCUT2D eigenvalue weighted by Crippen LogP contribution is -2.35. The standard InChI is InChI=1S/C15H23N3O2/c1-11(18-7-3-4-8-18)10-17-14-6-5-12(16)9-13(14)15(19)20-2/h5-6,9,11,17H,3-4,7-8,10,16H2,1-2H3. The van der Waals surface area contributed by atoms with Gasteiger partial charge in [0.2, 0.25) is 0 Å². The van der Waals surface area contributed by atoms with E-state index in [9.17, 15) is 4.79 Å². The predicted molar refractivity (Wildman–Crippen MR) is 81.0 cm³/mol. The number of rotatable bonds is 5. The largest absolute Gasteiger partial charge is 0.465 e. The average molecular weight is 277 g/mol. The second-order valence-corrected chi connectivity index (χ2v) is 5.27. The molecule has 1 saturated heterocycles. The van der Waals surface area contributed by atoms with Crippen molar-refractivity contribution in [2.24, 2.45) is 0 Å². The summed E-state index contributed by atoms with van der Waals surface area (Å²) >= 11 is 0. The van der Waals surface area contributed by atoms with Crippen LogP contribution in [0, 0.1) is 0 Å². The van der Waals surface area contributed by atoms with E-state index in [0.29, 0.717) is 17.3 Å². The van der Waals surface area contributed by atoms with E-state index in [1.807, 2.05) is 6.07 Å². The third-order valence-corrected chi connectivity index (χ3v) is 3.80. The summed E-state index contributed by atoms with van der Waals surface area (Å²) in [5.41, 5.74) is 7.55. The highest BCUT2D eigenvalue weighted by molar-refractivity contribution is 5.96. The van der Waals surface area contributed by atoms with Gasteiger partial charge in [0.1, 0.15) is 0 Å². The van der Waals surface area contributed by atoms with Gasteiger partial charge in [0.05, 0.1) is 12.7 Å². The maximum absolute atomic E-state index is 11.8. The van der Waals surface area contributed by atoms with Crippen molar-refractivity contribution in [3.8, 4) is 0 Å². The molecule has 5 nitrogen and oxygen atoms in total. The van der Waals surface area contributed by atoms with Crippen molar-refractivity contribution < 1.29 is 9.53 Å². The van der Waals surface area contributed by atoms with Crippen LogP contribution in [-0.4, -0.2) is 43.7 Å². The molecule has 110 valence electrons. The molecule has 1 aliphatic rings. The second-order valence-electron chi connectivity index (χ2n) is 5.27. The Morgan fingerprint density at radius 1 is 1.45 bits per heavy atom. The number of nitrogen functional groups attached to an aromatic ring is 1. The van der Waals surface area contributed by atoms with Crippen LogP contribution in [0.4, 0.5) is 11.4 Å². The molecular formula is C15H23N3O2. The minimum absolute atomic E-state index is 0.367. The van der Waals surface area contributed by atoms with Gasteiger partial charge in [0.15, 0.2) is 0 Å². The molecule has 2 rings (SSSR count). The SMILES string of the molecule is COC(=O)c1cc(N)ccc1NCC(C)N1CCCC1. The van der Waals surface area contributed by atoms with Crippen LogP contribution in [-0.2, 0) is 4.74 Å². The topological polar surface area (TPSA) is 67.6 Å². The normalized spacial score (nSPS) is 16.9. The highest BCUT2D eigenvalue weighted by atomic mass is 16.5. The first-order valence-corrected chi connectivity index (χ1v) is 7.07. The molecule has 1 unspecified atom stereocenters. The molecule has 1 aliphatic heterocycles. The van der Waals surface area contributed by atoms with E-state index in [1.54, 1.807) is 12.1 Å². The van der Waals surface area contributed by atoms with Crippen molar-refractivity contribution in [1.29, 1.82) is 0 Å². The quantitative estimate of drug-likeness (QED) is 0.636. The first-order valence-electron chi connectivity index (χ1n) is 7.07. The predicted octanol–water partition coefficient (Wildman–Crippen LogP) is 1.95. The monoisotopic (exact) mass is 277 g/mol. The van der Waals surface area contributed by atoms with Gasteiger partial charge in [-0.3, -0.25) is 4.90 Å². The Morgan fingerprint density at radius 3 is 2.80 bits per heavy atom. The van der Waals surface area contributed by atoms with Gasteiger partial charge in [-0.25, -0.2) is 4.79 Å². The zero-order valence-electron chi connectivity index (χ0n) is 12.2. The third-order valence-electron chi connectivity index (χ3n) is 3.80. The number of esters is 1. The molecule has 0 aromatic heterocycles. The highest BCUT2D eigenvalue weighted by Gasteiger charge is 2.19. The van der Waals surface area contributed by atoms with Crippen LogP contribution in [0.25, 0.3) is 0 Å². The van der Waals surface area contributed by atoms with E-state index in [4.69, 9.17) is 10.5 Å². The van der Waals surface area contributed by atoms with Gasteiger partial charge in [0, 0.05) is 24.0 Å². The van der Waals surface area contributed by atoms with Crippen LogP contribution in [0.3, 0.4) is 0 Å². The summed E-state index contributed by atoms with van der Waals surface area (Å²) in [5, 5.41) is 3.33. The highest BCUT2D eigenvalue weighted by Crippen LogP contribution is 2.20. The van der Waals surface area contributed by atoms with Crippen LogP contribution in [0.5, 0.6) is 0 Å². The number of hydrogen-bond donors (Lipinski definition) is 2. The van der Waals surface area contributed by atoms with Crippen LogP contribution in [0.15, 0.2) is 18.2 Å². The molecule has 0 spiro atoms. The van der Waals surface area contributed by atoms with Crippen molar-refractivity contribution in [3.63, 3.8) is 0 Å². The molecule has 1 fully saturated rings. The number of likely N-dealkylation sites (tertiary alicyclic amines) is 1. The number of benzene rings is 1. The number of ether oxygens (including phenoxy) is 1. The average Bonchev–Trinajstić information content (AvgIpc) is 2.99. The Balaban J connectivity index is 2.03. The minimum Gasteiger partial charge on any atom is -0.465 e. The third kappa shape index (κ3) is 3.42. The summed E-state index contributed by atoms with van der Waals surface area (Å²) in [7, 11) is 1.38. The molecule has 1 aromatic rings. The number of nitrogens with two attached hydrogens (primary N) is 1. The minimum atomic E-state index is -0.367. The Morgan fingerprint density at radius 2 is 2.15 bits per heavy atom. The fourth-order valence-electron chi connectivity index (χ4n) is 2.56. The Hall–Kier alpha value is -1.75. The van der Waals surface area contributed by atoms with E-state index in [2.05, 4.69) is 17.1 Å². The number of carbonyl (C=O) groups is 1. The van der Waals surface area contributed by atoms with Gasteiger partial charge in [-0.2, -0.15) is 0 Å². The van der Waals surface area contributed by atoms with Crippen LogP contribution in [0.1, 0.15) is 30.1 Å². The summed E-state index contributed by atoms with van der Waals surface area (Å²) in [4.78, 5) is 14.2. The molecule has 0 radical (unpaired) electrons. The maximum atomic E-state index is 11.8. The molecule has 0 aliphatic carbocycles. The van der Waals surface area contributed by atoms with E-state index in [1.165, 1.54) is 20.0 Å². The summed E-state index contributed by atoms with van der Waals surface area (Å²) < 4.78 is 4.79. The molecule has 1 aromatic carbocycles. The smallest absolute Gasteiger partial charge is 0.340 e. The number of nitrogens with zero attached hydrogens (tertiary/aromatic N) is 1. The first kappa shape index (κ1) is 14.7. The van der Waals surface area contributed by atoms with Gasteiger partial charge >= 0.3 is 5.97 Å². The molecule has 5 heteroatoms. The molecule has 1 atom stereocenters. The lowest BCUT2D eigenvalue weighted by atomic mass is 10.1. The Kier molecular flexibility index (Phi) is 4.84. The van der Waals surface area contributed by atoms with E-state index in [0.717, 1.165) is 25.3 Å². The second kappa shape index (κ2) is 6.61. The van der Waals surface area contributed by atoms with Gasteiger partial charge in [0.25, 0.3) is 0 Å². The van der Waals surface area contributed by atoms with Gasteiger partial charge < -0.3 is 15.8 Å². The van der Waals surface area contributed by atoms with E-state index < -0.39 is 0 Å². The summed E-state index contributed by atoms with van der Waals surface area (Å²) in [5.74, 6) is -0.367. The van der Waals surface area contributed by atoms with E-state index >= 15 is 0 Å². The van der Waals surface area contributed by atoms with Crippen molar-refractivity contribution in [1.82, 2.24) is 4.90 Å². The van der Waals surface area contributed by atoms with Gasteiger partial charge in [-0.1, -0.05) is 0 Å². The molecule has 0 saturated carbocycles. The lowest BCUT2D eigenvalue weighted by Gasteiger charge is -2.24. The zero-order chi connectivity index (χ0) is 14.5. The molecule has 20 heavy (non-hydrogen) atoms. The van der Waals surface area contributed by atoms with Crippen molar-refractivity contribution >= 4 is 17.3 Å². The number of anilines is 2. The number of nitrogens with one attached hydrogen (secondary N) is 1. The van der Waals surface area contributed by atoms with Gasteiger partial charge in [-0.15, -0.1) is 0 Å². The molecular weight excluding hydrogens is 254 g/mol. The van der Waals surface area contributed by atoms with Crippen molar-refractivity contribution in [2.75, 3.05) is 37.8 Å². The fraction of sp³-hybridized carbons (Fsp3) is 0.533. The molecule has 0 amide bonds. The van der Waals surface area contributed by atoms with Crippen molar-refractivity contribution in [3.05, 3.63) is 23.8 Å². The number of hydrogen-bond acceptors (Lipinski definition) is 5. The fourth-order valence-corrected chi connectivity index (χ4v) is 2.56. The molecule has 0 bridgehead atoms. The Bertz CT molecular complexity index is 470. The zero-order valence-corrected chi connectivity index (χ0v) is 12.2. The van der Waals surface area contributed by atoms with Crippen LogP contribution in [0.2, 0.25) is 0 Å². The molecule has 3 N–H and O–H groups in total. The van der Waals surface area contributed by atoms with Crippen LogP contribution >= 0.6 is 0 Å². The van der Waals surface area contributed by atoms with Crippen molar-refractivity contribution in [2.45, 2.75) is 25.8 Å². The number of carbonyl (C=O) groups excluding carboxylic acids is 1. The summed E-state index contributed by atoms with van der Waals surface area (Å²) in [6.07, 6.45) is 2.55. The maximum Gasteiger partial charge on any atom is 0.340 e. The van der Waals surface area contributed by atoms with E-state index in [-0.39, 0.29) is 5.97 Å². The summed E-state index contributed by atoms with van der Waals surface area (Å²) in [6.45, 7) is 5.32. The van der Waals surface area contributed by atoms with Crippen LogP contribution < -0.4 is 11.1 Å². The number of methoxy groups -OCH3 is 1. The first-order chi connectivity index (χ1) is 9.61. The van der Waals surface area contributed by atoms with Gasteiger partial charge in [-0.05, 0) is 51.1 Å². The summed E-state index contributed by atoms with van der Waals surface area (Å²) in [6, 6.07) is 5.71.